The van der Waals surface area contributed by atoms with Crippen LogP contribution in [0.25, 0.3) is 22.3 Å². The van der Waals surface area contributed by atoms with E-state index in [-0.39, 0.29) is 33.8 Å². The number of ether oxygens (including phenoxy) is 4. The lowest BCUT2D eigenvalue weighted by molar-refractivity contribution is -0.353. The standard InChI is InChI=1S/C27H28O17/c28-7-16-17(33)19(35)24(44-26-21(37)18(34)20(36)23(43-26)25(38)39)27(42-16)41-15-6-10-12(31)4-9(29)5-14(10)40-22(15)8-1-2-11(30)13(32)3-8/h1-6,16-21,23-24,26-28,33-37H,7H2,(H4-,29,30,31,32,38,39)/p+1/t16?,17-,18?,19?,20+,21-,23?,24?,26+,27-/m1/s1. The molecule has 238 valence electrons. The number of phenolic OH excluding ortho intramolecular Hbond substituents is 4. The van der Waals surface area contributed by atoms with Gasteiger partial charge in [-0.3, -0.25) is 0 Å². The number of aliphatic hydroxyl groups excluding tert-OH is 6. The molecule has 2 aromatic carbocycles. The molecule has 17 nitrogen and oxygen atoms in total. The van der Waals surface area contributed by atoms with Crippen LogP contribution in [0.4, 0.5) is 0 Å². The summed E-state index contributed by atoms with van der Waals surface area (Å²) < 4.78 is 28.1. The number of aliphatic carboxylic acids is 1. The van der Waals surface area contributed by atoms with Gasteiger partial charge in [-0.05, 0) is 12.1 Å². The van der Waals surface area contributed by atoms with Crippen LogP contribution in [0.3, 0.4) is 0 Å². The number of fused-ring (bicyclic) bond motifs is 1. The minimum Gasteiger partial charge on any atom is -0.507 e. The lowest BCUT2D eigenvalue weighted by Gasteiger charge is -2.45. The summed E-state index contributed by atoms with van der Waals surface area (Å²) in [5.41, 5.74) is 0.0181. The summed E-state index contributed by atoms with van der Waals surface area (Å²) >= 11 is 0. The van der Waals surface area contributed by atoms with Gasteiger partial charge in [-0.15, -0.1) is 0 Å². The fourth-order valence-electron chi connectivity index (χ4n) is 4.88. The minimum absolute atomic E-state index is 0.00966. The van der Waals surface area contributed by atoms with E-state index in [1.54, 1.807) is 0 Å². The Kier molecular flexibility index (Phi) is 8.67. The average Bonchev–Trinajstić information content (AvgIpc) is 2.97. The van der Waals surface area contributed by atoms with Crippen molar-refractivity contribution in [2.24, 2.45) is 0 Å². The highest BCUT2D eigenvalue weighted by atomic mass is 16.8. The second kappa shape index (κ2) is 12.2. The number of carboxylic acids is 1. The molecule has 44 heavy (non-hydrogen) atoms. The highest BCUT2D eigenvalue weighted by molar-refractivity contribution is 5.88. The smallest absolute Gasteiger partial charge is 0.402 e. The number of hydrogen-bond donors (Lipinski definition) is 11. The first-order valence-electron chi connectivity index (χ1n) is 13.0. The Morgan fingerprint density at radius 1 is 0.795 bits per heavy atom. The van der Waals surface area contributed by atoms with Gasteiger partial charge in [0.05, 0.1) is 18.2 Å². The predicted octanol–water partition coefficient (Wildman–Crippen LogP) is -1.70. The highest BCUT2D eigenvalue weighted by Crippen LogP contribution is 2.42. The van der Waals surface area contributed by atoms with Gasteiger partial charge in [0.2, 0.25) is 12.0 Å². The lowest BCUT2D eigenvalue weighted by Crippen LogP contribution is -2.65. The second-order valence-electron chi connectivity index (χ2n) is 10.2. The summed E-state index contributed by atoms with van der Waals surface area (Å²) in [6.07, 6.45) is -19.2. The van der Waals surface area contributed by atoms with Crippen LogP contribution >= 0.6 is 0 Å². The van der Waals surface area contributed by atoms with Crippen LogP contribution in [0.2, 0.25) is 0 Å². The number of carboxylic acid groups (broad SMARTS) is 1. The van der Waals surface area contributed by atoms with E-state index in [1.807, 2.05) is 0 Å². The molecule has 2 saturated heterocycles. The Morgan fingerprint density at radius 3 is 2.18 bits per heavy atom. The molecule has 1 aromatic heterocycles. The maximum Gasteiger partial charge on any atom is 0.402 e. The van der Waals surface area contributed by atoms with Crippen LogP contribution in [0, 0.1) is 0 Å². The first-order chi connectivity index (χ1) is 20.8. The zero-order valence-corrected chi connectivity index (χ0v) is 22.3. The zero-order chi connectivity index (χ0) is 32.0. The SMILES string of the molecule is O=C(O)C1O[C@@H](OC2C(O)[C@H](O)C(CO)O[C@H]2Oc2cc3c(O)cc(O)cc3[o+]c2-c2ccc(O)c(O)c2)[C@H](O)C(O)[C@@H]1O. The summed E-state index contributed by atoms with van der Waals surface area (Å²) in [5.74, 6) is -4.05. The molecule has 2 aliphatic heterocycles. The summed E-state index contributed by atoms with van der Waals surface area (Å²) in [4.78, 5) is 11.6. The average molecular weight is 626 g/mol. The van der Waals surface area contributed by atoms with Crippen molar-refractivity contribution in [3.8, 4) is 40.1 Å². The molecule has 0 saturated carbocycles. The number of aliphatic hydroxyl groups is 6. The van der Waals surface area contributed by atoms with Crippen LogP contribution in [0.1, 0.15) is 0 Å². The molecule has 2 aliphatic rings. The van der Waals surface area contributed by atoms with Crippen molar-refractivity contribution in [1.29, 1.82) is 0 Å². The van der Waals surface area contributed by atoms with Crippen molar-refractivity contribution in [1.82, 2.24) is 0 Å². The Balaban J connectivity index is 1.57. The number of phenols is 4. The van der Waals surface area contributed by atoms with Crippen LogP contribution in [-0.4, -0.2) is 130 Å². The normalized spacial score (nSPS) is 32.4. The lowest BCUT2D eigenvalue weighted by atomic mass is 9.97. The highest BCUT2D eigenvalue weighted by Gasteiger charge is 2.53. The van der Waals surface area contributed by atoms with Crippen molar-refractivity contribution in [3.05, 3.63) is 36.4 Å². The molecule has 3 aromatic rings. The molecule has 2 fully saturated rings. The topological polar surface area (TPSA) is 288 Å². The van der Waals surface area contributed by atoms with Crippen LogP contribution in [0.5, 0.6) is 28.7 Å². The van der Waals surface area contributed by atoms with E-state index in [0.717, 1.165) is 24.3 Å². The number of aromatic hydroxyl groups is 4. The summed E-state index contributed by atoms with van der Waals surface area (Å²) in [7, 11) is 0. The van der Waals surface area contributed by atoms with Gasteiger partial charge in [0.25, 0.3) is 0 Å². The molecule has 5 rings (SSSR count). The van der Waals surface area contributed by atoms with Gasteiger partial charge in [0.1, 0.15) is 53.5 Å². The zero-order valence-electron chi connectivity index (χ0n) is 22.3. The maximum absolute atomic E-state index is 11.6. The summed E-state index contributed by atoms with van der Waals surface area (Å²) in [6.45, 7) is -0.833. The van der Waals surface area contributed by atoms with Crippen molar-refractivity contribution in [2.45, 2.75) is 61.4 Å². The third-order valence-electron chi connectivity index (χ3n) is 7.23. The fourth-order valence-corrected chi connectivity index (χ4v) is 4.88. The first kappa shape index (κ1) is 31.4. The van der Waals surface area contributed by atoms with Gasteiger partial charge in [-0.25, -0.2) is 9.21 Å². The summed E-state index contributed by atoms with van der Waals surface area (Å²) in [6, 6.07) is 6.90. The van der Waals surface area contributed by atoms with Gasteiger partial charge in [0.15, 0.2) is 30.0 Å². The molecular formula is C27H29O17+. The maximum atomic E-state index is 11.6. The predicted molar refractivity (Wildman–Crippen MR) is 140 cm³/mol. The molecule has 3 heterocycles. The summed E-state index contributed by atoms with van der Waals surface area (Å²) in [5, 5.41) is 111. The van der Waals surface area contributed by atoms with E-state index in [2.05, 4.69) is 0 Å². The van der Waals surface area contributed by atoms with Crippen molar-refractivity contribution >= 4 is 16.9 Å². The van der Waals surface area contributed by atoms with E-state index in [1.165, 1.54) is 12.1 Å². The second-order valence-corrected chi connectivity index (χ2v) is 10.2. The molecule has 0 spiro atoms. The number of rotatable bonds is 7. The molecule has 0 radical (unpaired) electrons. The number of carbonyl (C=O) groups is 1. The van der Waals surface area contributed by atoms with Crippen molar-refractivity contribution in [2.75, 3.05) is 6.61 Å². The number of benzene rings is 2. The Morgan fingerprint density at radius 2 is 1.52 bits per heavy atom. The molecule has 0 bridgehead atoms. The van der Waals surface area contributed by atoms with E-state index >= 15 is 0 Å². The quantitative estimate of drug-likeness (QED) is 0.103. The van der Waals surface area contributed by atoms with E-state index in [0.29, 0.717) is 0 Å². The van der Waals surface area contributed by atoms with Gasteiger partial charge < -0.3 is 75.1 Å². The first-order valence-corrected chi connectivity index (χ1v) is 13.0. The van der Waals surface area contributed by atoms with Crippen LogP contribution in [-0.2, 0) is 19.0 Å². The van der Waals surface area contributed by atoms with Gasteiger partial charge in [-0.1, -0.05) is 0 Å². The van der Waals surface area contributed by atoms with E-state index in [4.69, 9.17) is 23.4 Å². The van der Waals surface area contributed by atoms with Gasteiger partial charge in [-0.2, -0.15) is 0 Å². The molecule has 5 unspecified atom stereocenters. The molecule has 0 aliphatic carbocycles. The van der Waals surface area contributed by atoms with E-state index < -0.39 is 91.2 Å². The third kappa shape index (κ3) is 5.75. The molecule has 17 heteroatoms. The number of hydrogen-bond acceptors (Lipinski definition) is 15. The minimum atomic E-state index is -2.07. The van der Waals surface area contributed by atoms with Crippen LogP contribution < -0.4 is 4.74 Å². The van der Waals surface area contributed by atoms with Gasteiger partial charge in [0, 0.05) is 18.2 Å². The van der Waals surface area contributed by atoms with Gasteiger partial charge >= 0.3 is 17.3 Å². The molecular weight excluding hydrogens is 596 g/mol. The molecule has 10 atom stereocenters. The Labute approximate surface area is 246 Å². The Bertz CT molecular complexity index is 1530. The van der Waals surface area contributed by atoms with E-state index in [9.17, 15) is 61.0 Å². The monoisotopic (exact) mass is 625 g/mol. The van der Waals surface area contributed by atoms with Crippen molar-refractivity contribution in [3.63, 3.8) is 0 Å². The molecule has 0 amide bonds. The van der Waals surface area contributed by atoms with Crippen molar-refractivity contribution < 1.29 is 84.3 Å². The van der Waals surface area contributed by atoms with Crippen LogP contribution in [0.15, 0.2) is 40.8 Å². The fraction of sp³-hybridized carbons (Fsp3) is 0.407. The third-order valence-corrected chi connectivity index (χ3v) is 7.23. The molecule has 11 N–H and O–H groups in total. The largest absolute Gasteiger partial charge is 0.507 e. The Hall–Kier alpha value is -4.04.